The first-order valence-electron chi connectivity index (χ1n) is 8.50. The van der Waals surface area contributed by atoms with Gasteiger partial charge in [-0.05, 0) is 99.9 Å². The molecule has 2 aromatic carbocycles. The van der Waals surface area contributed by atoms with Crippen LogP contribution in [0.5, 0.6) is 5.75 Å². The van der Waals surface area contributed by atoms with Crippen LogP contribution in [0.4, 0.5) is 5.69 Å². The molecule has 156 valence electrons. The molecule has 1 heterocycles. The fourth-order valence-corrected chi connectivity index (χ4v) is 5.48. The number of thiocarbonyl (C=S) groups is 1. The van der Waals surface area contributed by atoms with Crippen molar-refractivity contribution < 1.29 is 19.1 Å². The van der Waals surface area contributed by atoms with Crippen LogP contribution in [0.1, 0.15) is 5.56 Å². The Morgan fingerprint density at radius 2 is 1.87 bits per heavy atom. The van der Waals surface area contributed by atoms with Crippen molar-refractivity contribution in [2.75, 3.05) is 25.7 Å². The van der Waals surface area contributed by atoms with Gasteiger partial charge in [-0.1, -0.05) is 11.6 Å². The Balaban J connectivity index is 2.13. The molecule has 0 unspecified atom stereocenters. The highest BCUT2D eigenvalue weighted by Crippen LogP contribution is 2.34. The summed E-state index contributed by atoms with van der Waals surface area (Å²) in [5, 5.41) is 0.718. The van der Waals surface area contributed by atoms with E-state index in [0.717, 1.165) is 7.14 Å². The van der Waals surface area contributed by atoms with Crippen molar-refractivity contribution in [1.82, 2.24) is 4.90 Å². The Labute approximate surface area is 211 Å². The van der Waals surface area contributed by atoms with Crippen LogP contribution in [-0.2, 0) is 14.3 Å². The van der Waals surface area contributed by atoms with Crippen LogP contribution in [0, 0.1) is 7.14 Å². The Bertz CT molecular complexity index is 1060. The molecule has 0 aliphatic carbocycles. The first-order chi connectivity index (χ1) is 14.3. The maximum Gasteiger partial charge on any atom is 0.325 e. The summed E-state index contributed by atoms with van der Waals surface area (Å²) in [5.41, 5.74) is 1.50. The van der Waals surface area contributed by atoms with Crippen LogP contribution in [0.2, 0.25) is 5.02 Å². The van der Waals surface area contributed by atoms with Crippen LogP contribution in [0.3, 0.4) is 0 Å². The van der Waals surface area contributed by atoms with E-state index in [2.05, 4.69) is 45.2 Å². The fraction of sp³-hybridized carbons (Fsp3) is 0.150. The van der Waals surface area contributed by atoms with Gasteiger partial charge in [0.1, 0.15) is 18.0 Å². The van der Waals surface area contributed by atoms with Crippen molar-refractivity contribution in [2.24, 2.45) is 0 Å². The lowest BCUT2D eigenvalue weighted by Gasteiger charge is -2.19. The second-order valence-corrected chi connectivity index (χ2v) is 9.31. The third-order valence-corrected chi connectivity index (χ3v) is 6.35. The maximum absolute atomic E-state index is 13.4. The molecule has 0 radical (unpaired) electrons. The zero-order chi connectivity index (χ0) is 22.0. The highest BCUT2D eigenvalue weighted by atomic mass is 127. The van der Waals surface area contributed by atoms with Gasteiger partial charge >= 0.3 is 5.97 Å². The summed E-state index contributed by atoms with van der Waals surface area (Å²) >= 11 is 15.9. The van der Waals surface area contributed by atoms with E-state index in [9.17, 15) is 9.59 Å². The lowest BCUT2D eigenvalue weighted by atomic mass is 10.1. The van der Waals surface area contributed by atoms with Crippen molar-refractivity contribution >= 4 is 97.8 Å². The summed E-state index contributed by atoms with van der Waals surface area (Å²) in [4.78, 5) is 28.2. The summed E-state index contributed by atoms with van der Waals surface area (Å²) in [7, 11) is 2.86. The van der Waals surface area contributed by atoms with Gasteiger partial charge in [0.25, 0.3) is 5.91 Å². The van der Waals surface area contributed by atoms with Gasteiger partial charge in [-0.3, -0.25) is 14.5 Å². The van der Waals surface area contributed by atoms with Crippen molar-refractivity contribution in [3.63, 3.8) is 0 Å². The van der Waals surface area contributed by atoms with Gasteiger partial charge in [-0.2, -0.15) is 0 Å². The number of ether oxygens (including phenoxy) is 2. The van der Waals surface area contributed by atoms with Crippen molar-refractivity contribution in [1.29, 1.82) is 0 Å². The summed E-state index contributed by atoms with van der Waals surface area (Å²) < 4.78 is 12.2. The molecule has 3 rings (SSSR count). The number of amides is 1. The molecule has 0 atom stereocenters. The first kappa shape index (κ1) is 23.2. The minimum absolute atomic E-state index is 0.179. The number of esters is 1. The highest BCUT2D eigenvalue weighted by Gasteiger charge is 2.40. The molecule has 1 saturated heterocycles. The molecule has 0 spiro atoms. The number of anilines is 1. The minimum Gasteiger partial charge on any atom is -0.495 e. The van der Waals surface area contributed by atoms with Crippen molar-refractivity contribution in [3.05, 3.63) is 59.8 Å². The number of hydrogen-bond donors (Lipinski definition) is 0. The van der Waals surface area contributed by atoms with Gasteiger partial charge in [-0.15, -0.1) is 0 Å². The van der Waals surface area contributed by atoms with Crippen molar-refractivity contribution in [3.8, 4) is 5.75 Å². The van der Waals surface area contributed by atoms with Gasteiger partial charge in [0, 0.05) is 14.2 Å². The molecule has 2 aromatic rings. The zero-order valence-corrected chi connectivity index (χ0v) is 21.7. The van der Waals surface area contributed by atoms with Crippen LogP contribution in [0.25, 0.3) is 6.08 Å². The van der Waals surface area contributed by atoms with E-state index in [-0.39, 0.29) is 23.3 Å². The van der Waals surface area contributed by atoms with E-state index in [1.54, 1.807) is 37.5 Å². The third-order valence-electron chi connectivity index (χ3n) is 4.27. The van der Waals surface area contributed by atoms with Gasteiger partial charge in [-0.25, -0.2) is 0 Å². The van der Waals surface area contributed by atoms with Crippen LogP contribution >= 0.6 is 69.0 Å². The Morgan fingerprint density at radius 1 is 1.20 bits per heavy atom. The lowest BCUT2D eigenvalue weighted by Crippen LogP contribution is -2.35. The molecule has 10 heteroatoms. The van der Waals surface area contributed by atoms with E-state index in [1.807, 2.05) is 12.1 Å². The van der Waals surface area contributed by atoms with Gasteiger partial charge in [0.05, 0.1) is 23.5 Å². The third kappa shape index (κ3) is 4.73. The molecule has 1 aliphatic rings. The van der Waals surface area contributed by atoms with Crippen LogP contribution in [-0.4, -0.2) is 42.7 Å². The Kier molecular flexibility index (Phi) is 7.58. The number of methoxy groups -OCH3 is 2. The molecule has 0 saturated carbocycles. The number of carbonyl (C=O) groups excluding carboxylic acids is 2. The summed E-state index contributed by atoms with van der Waals surface area (Å²) in [6.07, 6.45) is 1.68. The molecule has 1 amide bonds. The van der Waals surface area contributed by atoms with E-state index in [0.29, 0.717) is 22.0 Å². The number of halogens is 3. The second kappa shape index (κ2) is 9.79. The Morgan fingerprint density at radius 3 is 2.47 bits per heavy atom. The van der Waals surface area contributed by atoms with Crippen LogP contribution < -0.4 is 9.64 Å². The number of nitrogens with zero attached hydrogens (tertiary/aromatic N) is 2. The smallest absolute Gasteiger partial charge is 0.325 e. The topological polar surface area (TPSA) is 59.1 Å². The van der Waals surface area contributed by atoms with Gasteiger partial charge < -0.3 is 14.4 Å². The molecule has 6 nitrogen and oxygen atoms in total. The van der Waals surface area contributed by atoms with Crippen molar-refractivity contribution in [2.45, 2.75) is 0 Å². The van der Waals surface area contributed by atoms with E-state index >= 15 is 0 Å². The second-order valence-electron chi connectivity index (χ2n) is 6.10. The SMILES string of the molecule is COC(=O)CN1C(=S)N(c2ccc(Cl)cc2)C(=O)/C1=C/c1cc(I)cc(I)c1OC. The number of carbonyl (C=O) groups is 2. The largest absolute Gasteiger partial charge is 0.495 e. The van der Waals surface area contributed by atoms with E-state index in [1.165, 1.54) is 16.9 Å². The average molecular weight is 669 g/mol. The highest BCUT2D eigenvalue weighted by molar-refractivity contribution is 14.1. The quantitative estimate of drug-likeness (QED) is 0.199. The molecule has 1 fully saturated rings. The summed E-state index contributed by atoms with van der Waals surface area (Å²) in [6.45, 7) is -0.194. The normalized spacial score (nSPS) is 15.2. The fourth-order valence-electron chi connectivity index (χ4n) is 2.89. The molecule has 0 aromatic heterocycles. The molecular formula is C20H15ClI2N2O4S. The lowest BCUT2D eigenvalue weighted by molar-refractivity contribution is -0.140. The molecule has 0 N–H and O–H groups in total. The predicted octanol–water partition coefficient (Wildman–Crippen LogP) is 4.71. The zero-order valence-electron chi connectivity index (χ0n) is 15.8. The number of benzene rings is 2. The number of hydrogen-bond acceptors (Lipinski definition) is 5. The average Bonchev–Trinajstić information content (AvgIpc) is 2.92. The van der Waals surface area contributed by atoms with E-state index < -0.39 is 5.97 Å². The van der Waals surface area contributed by atoms with Gasteiger partial charge in [0.15, 0.2) is 5.11 Å². The summed E-state index contributed by atoms with van der Waals surface area (Å²) in [6, 6.07) is 10.6. The number of rotatable bonds is 5. The minimum atomic E-state index is -0.516. The van der Waals surface area contributed by atoms with Gasteiger partial charge in [0.2, 0.25) is 0 Å². The standard InChI is InChI=1S/C20H15ClI2N2O4S/c1-28-17(26)10-24-16(8-11-7-13(22)9-15(23)18(11)29-2)19(27)25(20(24)30)14-5-3-12(21)4-6-14/h3-9H,10H2,1-2H3/b16-8-. The van der Waals surface area contributed by atoms with Crippen LogP contribution in [0.15, 0.2) is 42.1 Å². The Hall–Kier alpha value is -1.44. The monoisotopic (exact) mass is 668 g/mol. The molecule has 0 bridgehead atoms. The first-order valence-corrected chi connectivity index (χ1v) is 11.4. The van der Waals surface area contributed by atoms with E-state index in [4.69, 9.17) is 33.3 Å². The molecule has 1 aliphatic heterocycles. The summed E-state index contributed by atoms with van der Waals surface area (Å²) in [5.74, 6) is -0.245. The maximum atomic E-state index is 13.4. The molecule has 30 heavy (non-hydrogen) atoms. The predicted molar refractivity (Wildman–Crippen MR) is 137 cm³/mol. The molecular weight excluding hydrogens is 654 g/mol.